The summed E-state index contributed by atoms with van der Waals surface area (Å²) < 4.78 is 65.8. The highest BCUT2D eigenvalue weighted by atomic mass is 35.5. The molecule has 0 amide bonds. The maximum Gasteiger partial charge on any atom is 0.416 e. The zero-order valence-corrected chi connectivity index (χ0v) is 16.6. The van der Waals surface area contributed by atoms with E-state index in [9.17, 15) is 21.6 Å². The van der Waals surface area contributed by atoms with Crippen molar-refractivity contribution in [1.82, 2.24) is 14.1 Å². The van der Waals surface area contributed by atoms with Crippen LogP contribution in [0.1, 0.15) is 18.4 Å². The van der Waals surface area contributed by atoms with E-state index in [1.807, 2.05) is 0 Å². The van der Waals surface area contributed by atoms with Gasteiger partial charge in [-0.25, -0.2) is 8.42 Å². The fourth-order valence-electron chi connectivity index (χ4n) is 3.76. The van der Waals surface area contributed by atoms with Crippen LogP contribution in [0, 0.1) is 0 Å². The largest absolute Gasteiger partial charge is 0.416 e. The van der Waals surface area contributed by atoms with Crippen molar-refractivity contribution in [2.45, 2.75) is 30.0 Å². The van der Waals surface area contributed by atoms with Gasteiger partial charge in [0, 0.05) is 38.8 Å². The molecule has 1 aromatic rings. The Hall–Kier alpha value is -0.870. The third-order valence-corrected chi connectivity index (χ3v) is 7.65. The van der Waals surface area contributed by atoms with Gasteiger partial charge in [0.2, 0.25) is 10.0 Å². The predicted octanol–water partition coefficient (Wildman–Crippen LogP) is 2.76. The van der Waals surface area contributed by atoms with E-state index in [-0.39, 0.29) is 18.1 Å². The highest BCUT2D eigenvalue weighted by Gasteiger charge is 2.36. The minimum Gasteiger partial charge on any atom is -0.305 e. The fraction of sp³-hybridized carbons (Fsp3) is 0.647. The molecule has 2 aliphatic heterocycles. The Balaban J connectivity index is 1.74. The number of hydrogen-bond donors (Lipinski definition) is 0. The van der Waals surface area contributed by atoms with Crippen LogP contribution in [0.15, 0.2) is 23.1 Å². The van der Waals surface area contributed by atoms with Crippen molar-refractivity contribution in [2.24, 2.45) is 0 Å². The van der Waals surface area contributed by atoms with Crippen molar-refractivity contribution in [3.05, 3.63) is 28.8 Å². The summed E-state index contributed by atoms with van der Waals surface area (Å²) in [5.41, 5.74) is -1.02. The Morgan fingerprint density at radius 1 is 1.11 bits per heavy atom. The van der Waals surface area contributed by atoms with E-state index >= 15 is 0 Å². The predicted molar refractivity (Wildman–Crippen MR) is 97.3 cm³/mol. The van der Waals surface area contributed by atoms with Gasteiger partial charge in [-0.05, 0) is 44.6 Å². The Labute approximate surface area is 162 Å². The molecule has 1 unspecified atom stereocenters. The summed E-state index contributed by atoms with van der Waals surface area (Å²) in [5.74, 6) is 0. The second kappa shape index (κ2) is 7.87. The molecule has 1 atom stereocenters. The van der Waals surface area contributed by atoms with E-state index in [4.69, 9.17) is 11.6 Å². The van der Waals surface area contributed by atoms with Gasteiger partial charge >= 0.3 is 6.18 Å². The van der Waals surface area contributed by atoms with Crippen LogP contribution in [0.5, 0.6) is 0 Å². The van der Waals surface area contributed by atoms with Gasteiger partial charge in [-0.1, -0.05) is 11.6 Å². The Bertz CT molecular complexity index is 780. The Morgan fingerprint density at radius 2 is 1.78 bits per heavy atom. The van der Waals surface area contributed by atoms with Crippen LogP contribution in [0.3, 0.4) is 0 Å². The molecular formula is C17H23ClF3N3O2S. The van der Waals surface area contributed by atoms with E-state index in [1.54, 1.807) is 0 Å². The number of alkyl halides is 3. The molecule has 27 heavy (non-hydrogen) atoms. The number of sulfonamides is 1. The molecular weight excluding hydrogens is 403 g/mol. The van der Waals surface area contributed by atoms with Gasteiger partial charge in [0.15, 0.2) is 0 Å². The van der Waals surface area contributed by atoms with E-state index in [0.29, 0.717) is 25.2 Å². The normalized spacial score (nSPS) is 24.3. The molecule has 0 bridgehead atoms. The molecule has 10 heteroatoms. The van der Waals surface area contributed by atoms with Crippen molar-refractivity contribution in [3.63, 3.8) is 0 Å². The van der Waals surface area contributed by atoms with Gasteiger partial charge in [0.05, 0.1) is 10.6 Å². The average molecular weight is 426 g/mol. The first-order chi connectivity index (χ1) is 12.6. The van der Waals surface area contributed by atoms with Gasteiger partial charge in [0.25, 0.3) is 0 Å². The maximum absolute atomic E-state index is 13.0. The van der Waals surface area contributed by atoms with Crippen LogP contribution in [0.25, 0.3) is 0 Å². The lowest BCUT2D eigenvalue weighted by Crippen LogP contribution is -2.55. The molecule has 0 spiro atoms. The van der Waals surface area contributed by atoms with Gasteiger partial charge in [-0.2, -0.15) is 17.5 Å². The van der Waals surface area contributed by atoms with Gasteiger partial charge in [-0.3, -0.25) is 4.90 Å². The van der Waals surface area contributed by atoms with Crippen LogP contribution in [-0.2, 0) is 16.2 Å². The molecule has 1 aromatic carbocycles. The fourth-order valence-corrected chi connectivity index (χ4v) is 5.69. The molecule has 2 heterocycles. The van der Waals surface area contributed by atoms with Crippen molar-refractivity contribution in [2.75, 3.05) is 46.3 Å². The summed E-state index contributed by atoms with van der Waals surface area (Å²) in [5, 5.41) is -0.195. The standard InChI is InChI=1S/C17H23ClF3N3O2S/c1-22-6-2-3-14(12-22)23-7-9-24(10-8-23)27(25,26)16-11-13(17(19,20)21)4-5-15(16)18/h4-5,11,14H,2-3,6-10,12H2,1H3. The monoisotopic (exact) mass is 425 g/mol. The molecule has 2 saturated heterocycles. The SMILES string of the molecule is CN1CCCC(N2CCN(S(=O)(=O)c3cc(C(F)(F)F)ccc3Cl)CC2)C1. The van der Waals surface area contributed by atoms with Gasteiger partial charge in [-0.15, -0.1) is 0 Å². The van der Waals surface area contributed by atoms with Crippen LogP contribution in [0.4, 0.5) is 13.2 Å². The second-order valence-corrected chi connectivity index (χ2v) is 9.45. The van der Waals surface area contributed by atoms with E-state index in [2.05, 4.69) is 16.8 Å². The quantitative estimate of drug-likeness (QED) is 0.747. The number of likely N-dealkylation sites (tertiary alicyclic amines) is 1. The van der Waals surface area contributed by atoms with E-state index in [1.165, 1.54) is 4.31 Å². The third-order valence-electron chi connectivity index (χ3n) is 5.27. The first kappa shape index (κ1) is 20.9. The van der Waals surface area contributed by atoms with Crippen molar-refractivity contribution in [1.29, 1.82) is 0 Å². The summed E-state index contributed by atoms with van der Waals surface area (Å²) >= 11 is 5.93. The Kier molecular flexibility index (Phi) is 6.08. The van der Waals surface area contributed by atoms with Gasteiger partial charge in [0.1, 0.15) is 4.90 Å². The average Bonchev–Trinajstić information content (AvgIpc) is 2.61. The number of rotatable bonds is 3. The lowest BCUT2D eigenvalue weighted by molar-refractivity contribution is -0.137. The van der Waals surface area contributed by atoms with Crippen molar-refractivity contribution >= 4 is 21.6 Å². The molecule has 2 fully saturated rings. The molecule has 0 aliphatic carbocycles. The highest BCUT2D eigenvalue weighted by molar-refractivity contribution is 7.89. The molecule has 3 rings (SSSR count). The Morgan fingerprint density at radius 3 is 2.37 bits per heavy atom. The van der Waals surface area contributed by atoms with Crippen LogP contribution in [-0.4, -0.2) is 74.9 Å². The van der Waals surface area contributed by atoms with Crippen LogP contribution in [0.2, 0.25) is 5.02 Å². The van der Waals surface area contributed by atoms with Crippen LogP contribution >= 0.6 is 11.6 Å². The molecule has 2 aliphatic rings. The first-order valence-electron chi connectivity index (χ1n) is 8.88. The lowest BCUT2D eigenvalue weighted by atomic mass is 10.0. The topological polar surface area (TPSA) is 43.9 Å². The summed E-state index contributed by atoms with van der Waals surface area (Å²) in [6.07, 6.45) is -2.43. The number of halogens is 4. The van der Waals surface area contributed by atoms with Crippen molar-refractivity contribution in [3.8, 4) is 0 Å². The lowest BCUT2D eigenvalue weighted by Gasteiger charge is -2.42. The molecule has 0 N–H and O–H groups in total. The van der Waals surface area contributed by atoms with E-state index < -0.39 is 26.7 Å². The molecule has 0 saturated carbocycles. The number of hydrogen-bond acceptors (Lipinski definition) is 4. The number of nitrogens with zero attached hydrogens (tertiary/aromatic N) is 3. The minimum atomic E-state index is -4.62. The molecule has 5 nitrogen and oxygen atoms in total. The summed E-state index contributed by atoms with van der Waals surface area (Å²) in [7, 11) is -2.00. The number of likely N-dealkylation sites (N-methyl/N-ethyl adjacent to an activating group) is 1. The summed E-state index contributed by atoms with van der Waals surface area (Å²) in [4.78, 5) is 4.06. The van der Waals surface area contributed by atoms with Crippen LogP contribution < -0.4 is 0 Å². The summed E-state index contributed by atoms with van der Waals surface area (Å²) in [6, 6.07) is 2.80. The minimum absolute atomic E-state index is 0.195. The van der Waals surface area contributed by atoms with E-state index in [0.717, 1.165) is 38.1 Å². The zero-order chi connectivity index (χ0) is 19.8. The highest BCUT2D eigenvalue weighted by Crippen LogP contribution is 2.34. The second-order valence-electron chi connectivity index (χ2n) is 7.14. The smallest absolute Gasteiger partial charge is 0.305 e. The molecule has 0 radical (unpaired) electrons. The molecule has 0 aromatic heterocycles. The number of piperazine rings is 1. The third kappa shape index (κ3) is 4.59. The van der Waals surface area contributed by atoms with Gasteiger partial charge < -0.3 is 4.90 Å². The molecule has 152 valence electrons. The summed E-state index contributed by atoms with van der Waals surface area (Å²) in [6.45, 7) is 3.64. The maximum atomic E-state index is 13.0. The zero-order valence-electron chi connectivity index (χ0n) is 15.0. The first-order valence-corrected chi connectivity index (χ1v) is 10.7. The van der Waals surface area contributed by atoms with Crippen molar-refractivity contribution < 1.29 is 21.6 Å². The number of benzene rings is 1. The number of piperidine rings is 1.